The summed E-state index contributed by atoms with van der Waals surface area (Å²) in [5, 5.41) is 5.33. The van der Waals surface area contributed by atoms with Crippen LogP contribution in [0.25, 0.3) is 11.4 Å². The Balaban J connectivity index is 1.33. The highest BCUT2D eigenvalue weighted by Crippen LogP contribution is 2.19. The largest absolute Gasteiger partial charge is 0.338 e. The molecular weight excluding hydrogens is 399 g/mol. The molecule has 0 bridgehead atoms. The average molecular weight is 417 g/mol. The molecule has 2 aromatic carbocycles. The van der Waals surface area contributed by atoms with Crippen molar-refractivity contribution in [2.45, 2.75) is 6.54 Å². The number of aromatic nitrogens is 2. The maximum atomic E-state index is 12.6. The Bertz CT molecular complexity index is 949. The fraction of sp³-hybridized carbons (Fsp3) is 0.250. The van der Waals surface area contributed by atoms with Crippen LogP contribution in [0, 0.1) is 0 Å². The van der Waals surface area contributed by atoms with Crippen LogP contribution in [0.4, 0.5) is 0 Å². The van der Waals surface area contributed by atoms with Crippen LogP contribution in [0.3, 0.4) is 0 Å². The fourth-order valence-corrected chi connectivity index (χ4v) is 3.36. The first kappa shape index (κ1) is 18.9. The zero-order valence-electron chi connectivity index (χ0n) is 15.0. The van der Waals surface area contributed by atoms with Gasteiger partial charge in [-0.3, -0.25) is 9.69 Å². The van der Waals surface area contributed by atoms with Crippen molar-refractivity contribution in [1.82, 2.24) is 19.9 Å². The van der Waals surface area contributed by atoms with E-state index in [2.05, 4.69) is 15.0 Å². The highest BCUT2D eigenvalue weighted by atomic mass is 35.5. The van der Waals surface area contributed by atoms with E-state index >= 15 is 0 Å². The zero-order chi connectivity index (χ0) is 19.5. The van der Waals surface area contributed by atoms with Crippen molar-refractivity contribution in [3.63, 3.8) is 0 Å². The first-order chi connectivity index (χ1) is 13.6. The Morgan fingerprint density at radius 1 is 0.929 bits per heavy atom. The Labute approximate surface area is 172 Å². The first-order valence-electron chi connectivity index (χ1n) is 8.94. The minimum atomic E-state index is 0.0270. The van der Waals surface area contributed by atoms with E-state index in [1.165, 1.54) is 0 Å². The third kappa shape index (κ3) is 4.35. The number of amides is 1. The van der Waals surface area contributed by atoms with E-state index in [0.717, 1.165) is 18.7 Å². The van der Waals surface area contributed by atoms with Crippen LogP contribution in [0.2, 0.25) is 10.0 Å². The number of nitrogens with zero attached hydrogens (tertiary/aromatic N) is 4. The second-order valence-corrected chi connectivity index (χ2v) is 7.47. The summed E-state index contributed by atoms with van der Waals surface area (Å²) in [5.41, 5.74) is 1.51. The van der Waals surface area contributed by atoms with E-state index in [0.29, 0.717) is 47.0 Å². The average Bonchev–Trinajstić information content (AvgIpc) is 3.18. The van der Waals surface area contributed by atoms with Gasteiger partial charge in [-0.1, -0.05) is 28.4 Å². The number of benzene rings is 2. The quantitative estimate of drug-likeness (QED) is 0.642. The summed E-state index contributed by atoms with van der Waals surface area (Å²) in [5.74, 6) is 1.13. The van der Waals surface area contributed by atoms with E-state index < -0.39 is 0 Å². The highest BCUT2D eigenvalue weighted by Gasteiger charge is 2.23. The molecule has 1 saturated heterocycles. The smallest absolute Gasteiger partial charge is 0.253 e. The van der Waals surface area contributed by atoms with Gasteiger partial charge in [-0.2, -0.15) is 4.98 Å². The molecular formula is C20H18Cl2N4O2. The van der Waals surface area contributed by atoms with E-state index in [9.17, 15) is 4.79 Å². The van der Waals surface area contributed by atoms with Crippen LogP contribution in [0.5, 0.6) is 0 Å². The number of hydrogen-bond acceptors (Lipinski definition) is 5. The summed E-state index contributed by atoms with van der Waals surface area (Å²) in [7, 11) is 0. The third-order valence-corrected chi connectivity index (χ3v) is 5.18. The lowest BCUT2D eigenvalue weighted by Gasteiger charge is -2.34. The predicted molar refractivity (Wildman–Crippen MR) is 107 cm³/mol. The molecule has 0 N–H and O–H groups in total. The number of halogens is 2. The van der Waals surface area contributed by atoms with E-state index in [1.54, 1.807) is 36.4 Å². The van der Waals surface area contributed by atoms with Gasteiger partial charge in [0.2, 0.25) is 11.7 Å². The minimum Gasteiger partial charge on any atom is -0.338 e. The van der Waals surface area contributed by atoms with Gasteiger partial charge in [-0.15, -0.1) is 0 Å². The molecule has 0 saturated carbocycles. The van der Waals surface area contributed by atoms with Crippen molar-refractivity contribution in [2.24, 2.45) is 0 Å². The zero-order valence-corrected chi connectivity index (χ0v) is 16.5. The molecule has 3 aromatic rings. The fourth-order valence-electron chi connectivity index (χ4n) is 3.11. The lowest BCUT2D eigenvalue weighted by atomic mass is 10.2. The summed E-state index contributed by atoms with van der Waals surface area (Å²) in [6.45, 7) is 3.36. The van der Waals surface area contributed by atoms with Gasteiger partial charge in [0, 0.05) is 47.4 Å². The molecule has 0 atom stereocenters. The maximum Gasteiger partial charge on any atom is 0.253 e. The van der Waals surface area contributed by atoms with Crippen LogP contribution < -0.4 is 0 Å². The van der Waals surface area contributed by atoms with E-state index in [-0.39, 0.29) is 5.91 Å². The molecule has 6 nitrogen and oxygen atoms in total. The van der Waals surface area contributed by atoms with Crippen molar-refractivity contribution in [2.75, 3.05) is 26.2 Å². The lowest BCUT2D eigenvalue weighted by Crippen LogP contribution is -2.48. The van der Waals surface area contributed by atoms with Crippen molar-refractivity contribution in [1.29, 1.82) is 0 Å². The molecule has 4 rings (SSSR count). The SMILES string of the molecule is O=C(c1ccc(Cl)cc1)N1CCN(Cc2nc(-c3ccc(Cl)cc3)no2)CC1. The number of carbonyl (C=O) groups is 1. The Morgan fingerprint density at radius 2 is 1.54 bits per heavy atom. The molecule has 28 heavy (non-hydrogen) atoms. The highest BCUT2D eigenvalue weighted by molar-refractivity contribution is 6.30. The van der Waals surface area contributed by atoms with Gasteiger partial charge in [0.1, 0.15) is 0 Å². The molecule has 1 fully saturated rings. The van der Waals surface area contributed by atoms with Gasteiger partial charge in [-0.25, -0.2) is 0 Å². The Morgan fingerprint density at radius 3 is 2.18 bits per heavy atom. The van der Waals surface area contributed by atoms with Crippen LogP contribution in [0.15, 0.2) is 53.1 Å². The molecule has 0 unspecified atom stereocenters. The molecule has 0 aliphatic carbocycles. The molecule has 2 heterocycles. The minimum absolute atomic E-state index is 0.0270. The van der Waals surface area contributed by atoms with Gasteiger partial charge in [0.15, 0.2) is 0 Å². The normalized spacial score (nSPS) is 15.0. The lowest BCUT2D eigenvalue weighted by molar-refractivity contribution is 0.0615. The van der Waals surface area contributed by atoms with Crippen molar-refractivity contribution >= 4 is 29.1 Å². The van der Waals surface area contributed by atoms with Crippen molar-refractivity contribution in [3.05, 3.63) is 70.0 Å². The molecule has 1 aliphatic heterocycles. The predicted octanol–water partition coefficient (Wildman–Crippen LogP) is 4.00. The summed E-state index contributed by atoms with van der Waals surface area (Å²) in [6, 6.07) is 14.3. The molecule has 0 spiro atoms. The summed E-state index contributed by atoms with van der Waals surface area (Å²) in [4.78, 5) is 21.1. The van der Waals surface area contributed by atoms with Crippen molar-refractivity contribution < 1.29 is 9.32 Å². The number of carbonyl (C=O) groups excluding carboxylic acids is 1. The maximum absolute atomic E-state index is 12.6. The Hall–Kier alpha value is -2.41. The molecule has 144 valence electrons. The third-order valence-electron chi connectivity index (χ3n) is 4.68. The monoisotopic (exact) mass is 416 g/mol. The van der Waals surface area contributed by atoms with Gasteiger partial charge < -0.3 is 9.42 Å². The molecule has 1 aromatic heterocycles. The second-order valence-electron chi connectivity index (χ2n) is 6.59. The number of rotatable bonds is 4. The number of hydrogen-bond donors (Lipinski definition) is 0. The van der Waals surface area contributed by atoms with Gasteiger partial charge in [-0.05, 0) is 48.5 Å². The van der Waals surface area contributed by atoms with E-state index in [1.807, 2.05) is 17.0 Å². The second kappa shape index (κ2) is 8.31. The standard InChI is InChI=1S/C20H18Cl2N4O2/c21-16-5-1-14(2-6-16)19-23-18(28-24-19)13-25-9-11-26(12-10-25)20(27)15-3-7-17(22)8-4-15/h1-8H,9-13H2. The molecule has 8 heteroatoms. The van der Waals surface area contributed by atoms with Crippen molar-refractivity contribution in [3.8, 4) is 11.4 Å². The van der Waals surface area contributed by atoms with E-state index in [4.69, 9.17) is 27.7 Å². The Kier molecular flexibility index (Phi) is 5.62. The summed E-state index contributed by atoms with van der Waals surface area (Å²) >= 11 is 11.8. The van der Waals surface area contributed by atoms with Crippen LogP contribution in [-0.4, -0.2) is 52.0 Å². The van der Waals surface area contributed by atoms with Crippen LogP contribution >= 0.6 is 23.2 Å². The number of piperazine rings is 1. The van der Waals surface area contributed by atoms with Gasteiger partial charge in [0.05, 0.1) is 6.54 Å². The molecule has 0 radical (unpaired) electrons. The van der Waals surface area contributed by atoms with Gasteiger partial charge in [0.25, 0.3) is 5.91 Å². The molecule has 1 aliphatic rings. The van der Waals surface area contributed by atoms with Crippen LogP contribution in [-0.2, 0) is 6.54 Å². The summed E-state index contributed by atoms with van der Waals surface area (Å²) in [6.07, 6.45) is 0. The van der Waals surface area contributed by atoms with Crippen LogP contribution in [0.1, 0.15) is 16.2 Å². The topological polar surface area (TPSA) is 62.5 Å². The van der Waals surface area contributed by atoms with Gasteiger partial charge >= 0.3 is 0 Å². The summed E-state index contributed by atoms with van der Waals surface area (Å²) < 4.78 is 5.38. The first-order valence-corrected chi connectivity index (χ1v) is 9.70. The molecule has 1 amide bonds.